The summed E-state index contributed by atoms with van der Waals surface area (Å²) >= 11 is 6.12. The molecule has 8 nitrogen and oxygen atoms in total. The number of Topliss-reactive ketones (excluding diaryl/α,β-unsaturated/α-hetero) is 1. The van der Waals surface area contributed by atoms with Gasteiger partial charge in [0.15, 0.2) is 6.61 Å². The third kappa shape index (κ3) is 6.23. The Balaban J connectivity index is 2.17. The minimum Gasteiger partial charge on any atom is -0.454 e. The third-order valence-electron chi connectivity index (χ3n) is 5.44. The molecule has 0 aliphatic rings. The number of carbonyl (C=O) groups excluding carboxylic acids is 2. The highest BCUT2D eigenvalue weighted by atomic mass is 35.5. The molecule has 0 N–H and O–H groups in total. The van der Waals surface area contributed by atoms with Crippen LogP contribution in [0.1, 0.15) is 52.4 Å². The van der Waals surface area contributed by atoms with Crippen LogP contribution in [0.4, 0.5) is 0 Å². The first-order valence-electron chi connectivity index (χ1n) is 10.7. The number of benzene rings is 1. The summed E-state index contributed by atoms with van der Waals surface area (Å²) in [5.41, 5.74) is 2.08. The second-order valence-corrected chi connectivity index (χ2v) is 9.86. The number of ether oxygens (including phenoxy) is 2. The number of aryl methyl sites for hydroxylation is 1. The zero-order valence-electron chi connectivity index (χ0n) is 19.7. The average Bonchev–Trinajstić information content (AvgIpc) is 3.06. The Labute approximate surface area is 200 Å². The van der Waals surface area contributed by atoms with Crippen molar-refractivity contribution in [2.45, 2.75) is 45.6 Å². The van der Waals surface area contributed by atoms with Gasteiger partial charge in [0, 0.05) is 50.3 Å². The normalized spacial score (nSPS) is 11.7. The number of sulfonamides is 1. The Morgan fingerprint density at radius 1 is 1.09 bits per heavy atom. The van der Waals surface area contributed by atoms with Crippen molar-refractivity contribution in [2.75, 3.05) is 33.4 Å². The topological polar surface area (TPSA) is 94.9 Å². The van der Waals surface area contributed by atoms with E-state index in [0.717, 1.165) is 17.8 Å². The molecule has 1 aromatic heterocycles. The number of esters is 1. The van der Waals surface area contributed by atoms with Crippen LogP contribution in [0.5, 0.6) is 0 Å². The van der Waals surface area contributed by atoms with E-state index in [9.17, 15) is 18.0 Å². The van der Waals surface area contributed by atoms with Crippen LogP contribution in [0, 0.1) is 13.8 Å². The van der Waals surface area contributed by atoms with E-state index in [0.29, 0.717) is 31.8 Å². The first kappa shape index (κ1) is 27.0. The van der Waals surface area contributed by atoms with Crippen LogP contribution in [-0.2, 0) is 26.0 Å². The molecule has 2 rings (SSSR count). The van der Waals surface area contributed by atoms with Crippen molar-refractivity contribution in [3.63, 3.8) is 0 Å². The van der Waals surface area contributed by atoms with Crippen molar-refractivity contribution < 1.29 is 27.5 Å². The van der Waals surface area contributed by atoms with Gasteiger partial charge < -0.3 is 14.0 Å². The minimum absolute atomic E-state index is 0.0438. The Morgan fingerprint density at radius 2 is 1.76 bits per heavy atom. The third-order valence-corrected chi connectivity index (χ3v) is 7.81. The van der Waals surface area contributed by atoms with E-state index in [4.69, 9.17) is 21.1 Å². The number of methoxy groups -OCH3 is 1. The Bertz CT molecular complexity index is 1110. The molecular formula is C23H31ClN2O6S. The van der Waals surface area contributed by atoms with E-state index < -0.39 is 22.6 Å². The lowest BCUT2D eigenvalue weighted by Crippen LogP contribution is -2.30. The molecule has 0 aliphatic heterocycles. The van der Waals surface area contributed by atoms with E-state index in [1.54, 1.807) is 27.0 Å². The van der Waals surface area contributed by atoms with Gasteiger partial charge in [-0.25, -0.2) is 13.2 Å². The molecule has 2 aromatic rings. The molecule has 1 heterocycles. The zero-order chi connectivity index (χ0) is 24.8. The van der Waals surface area contributed by atoms with Crippen molar-refractivity contribution in [3.05, 3.63) is 51.8 Å². The number of aromatic nitrogens is 1. The summed E-state index contributed by atoms with van der Waals surface area (Å²) in [6.07, 6.45) is 0.806. The van der Waals surface area contributed by atoms with Gasteiger partial charge in [-0.3, -0.25) is 4.79 Å². The molecular weight excluding hydrogens is 468 g/mol. The lowest BCUT2D eigenvalue weighted by molar-refractivity contribution is 0.0474. The highest BCUT2D eigenvalue weighted by Gasteiger charge is 2.25. The Kier molecular flexibility index (Phi) is 9.66. The molecule has 0 amide bonds. The standard InChI is InChI=1S/C23H31ClN2O6S/c1-6-25(7-2)33(29,30)18-9-10-21(24)20(14-18)23(28)32-15-22(27)19-13-16(3)26(17(19)4)11-8-12-31-5/h9-10,13-14H,6-8,11-12,15H2,1-5H3. The molecule has 0 unspecified atom stereocenters. The van der Waals surface area contributed by atoms with E-state index in [1.807, 2.05) is 18.4 Å². The van der Waals surface area contributed by atoms with Gasteiger partial charge in [0.1, 0.15) is 0 Å². The maximum atomic E-state index is 12.8. The fourth-order valence-electron chi connectivity index (χ4n) is 3.61. The van der Waals surface area contributed by atoms with E-state index in [1.165, 1.54) is 22.5 Å². The molecule has 0 saturated heterocycles. The predicted octanol–water partition coefficient (Wildman–Crippen LogP) is 3.87. The molecule has 0 aliphatic carbocycles. The SMILES string of the molecule is CCN(CC)S(=O)(=O)c1ccc(Cl)c(C(=O)OCC(=O)c2cc(C)n(CCCOC)c2C)c1. The van der Waals surface area contributed by atoms with Crippen molar-refractivity contribution in [2.24, 2.45) is 0 Å². The van der Waals surface area contributed by atoms with Crippen LogP contribution >= 0.6 is 11.6 Å². The molecule has 0 radical (unpaired) electrons. The monoisotopic (exact) mass is 498 g/mol. The minimum atomic E-state index is -3.78. The molecule has 0 spiro atoms. The first-order valence-corrected chi connectivity index (χ1v) is 12.6. The van der Waals surface area contributed by atoms with Gasteiger partial charge in [-0.05, 0) is 44.5 Å². The summed E-state index contributed by atoms with van der Waals surface area (Å²) in [5.74, 6) is -1.21. The number of hydrogen-bond donors (Lipinski definition) is 0. The average molecular weight is 499 g/mol. The molecule has 0 bridgehead atoms. The molecule has 1 aromatic carbocycles. The van der Waals surface area contributed by atoms with Crippen LogP contribution in [0.15, 0.2) is 29.2 Å². The molecule has 0 atom stereocenters. The lowest BCUT2D eigenvalue weighted by atomic mass is 10.1. The quantitative estimate of drug-likeness (QED) is 0.250. The molecule has 10 heteroatoms. The van der Waals surface area contributed by atoms with Gasteiger partial charge in [0.05, 0.1) is 15.5 Å². The zero-order valence-corrected chi connectivity index (χ0v) is 21.3. The fraction of sp³-hybridized carbons (Fsp3) is 0.478. The van der Waals surface area contributed by atoms with Crippen molar-refractivity contribution >= 4 is 33.4 Å². The number of hydrogen-bond acceptors (Lipinski definition) is 6. The van der Waals surface area contributed by atoms with E-state index in [-0.39, 0.29) is 21.3 Å². The number of carbonyl (C=O) groups is 2. The van der Waals surface area contributed by atoms with Gasteiger partial charge in [-0.1, -0.05) is 25.4 Å². The first-order chi connectivity index (χ1) is 15.6. The lowest BCUT2D eigenvalue weighted by Gasteiger charge is -2.19. The Hall–Kier alpha value is -2.20. The fourth-order valence-corrected chi connectivity index (χ4v) is 5.29. The maximum Gasteiger partial charge on any atom is 0.340 e. The van der Waals surface area contributed by atoms with E-state index in [2.05, 4.69) is 0 Å². The van der Waals surface area contributed by atoms with Gasteiger partial charge in [0.25, 0.3) is 0 Å². The smallest absolute Gasteiger partial charge is 0.340 e. The highest BCUT2D eigenvalue weighted by molar-refractivity contribution is 7.89. The van der Waals surface area contributed by atoms with Crippen LogP contribution < -0.4 is 0 Å². The van der Waals surface area contributed by atoms with Gasteiger partial charge in [-0.15, -0.1) is 0 Å². The summed E-state index contributed by atoms with van der Waals surface area (Å²) in [4.78, 5) is 25.3. The van der Waals surface area contributed by atoms with Crippen LogP contribution in [0.25, 0.3) is 0 Å². The number of nitrogens with zero attached hydrogens (tertiary/aromatic N) is 2. The predicted molar refractivity (Wildman–Crippen MR) is 127 cm³/mol. The van der Waals surface area contributed by atoms with Crippen molar-refractivity contribution in [1.82, 2.24) is 8.87 Å². The summed E-state index contributed by atoms with van der Waals surface area (Å²) in [6.45, 7) is 8.63. The summed E-state index contributed by atoms with van der Waals surface area (Å²) in [6, 6.07) is 5.63. The van der Waals surface area contributed by atoms with Gasteiger partial charge >= 0.3 is 5.97 Å². The highest BCUT2D eigenvalue weighted by Crippen LogP contribution is 2.24. The Morgan fingerprint density at radius 3 is 2.36 bits per heavy atom. The summed E-state index contributed by atoms with van der Waals surface area (Å²) in [7, 11) is -2.14. The largest absolute Gasteiger partial charge is 0.454 e. The molecule has 182 valence electrons. The van der Waals surface area contributed by atoms with Crippen LogP contribution in [0.3, 0.4) is 0 Å². The van der Waals surface area contributed by atoms with Crippen LogP contribution in [0.2, 0.25) is 5.02 Å². The molecule has 33 heavy (non-hydrogen) atoms. The second-order valence-electron chi connectivity index (χ2n) is 7.51. The molecule has 0 saturated carbocycles. The number of rotatable bonds is 12. The van der Waals surface area contributed by atoms with E-state index >= 15 is 0 Å². The summed E-state index contributed by atoms with van der Waals surface area (Å²) < 4.78 is 39.1. The summed E-state index contributed by atoms with van der Waals surface area (Å²) in [5, 5.41) is 0.0438. The molecule has 0 fully saturated rings. The van der Waals surface area contributed by atoms with Crippen LogP contribution in [-0.4, -0.2) is 62.5 Å². The number of halogens is 1. The number of ketones is 1. The van der Waals surface area contributed by atoms with Gasteiger partial charge in [-0.2, -0.15) is 4.31 Å². The second kappa shape index (κ2) is 11.8. The maximum absolute atomic E-state index is 12.8. The van der Waals surface area contributed by atoms with Gasteiger partial charge in [0.2, 0.25) is 15.8 Å². The van der Waals surface area contributed by atoms with Crippen molar-refractivity contribution in [1.29, 1.82) is 0 Å². The van der Waals surface area contributed by atoms with Crippen molar-refractivity contribution in [3.8, 4) is 0 Å².